The van der Waals surface area contributed by atoms with Gasteiger partial charge in [-0.25, -0.2) is 4.39 Å². The van der Waals surface area contributed by atoms with Gasteiger partial charge in [-0.05, 0) is 43.5 Å². The molecule has 0 saturated carbocycles. The van der Waals surface area contributed by atoms with Crippen molar-refractivity contribution in [3.05, 3.63) is 42.1 Å². The van der Waals surface area contributed by atoms with Crippen molar-refractivity contribution in [1.29, 1.82) is 0 Å². The summed E-state index contributed by atoms with van der Waals surface area (Å²) in [6, 6.07) is 6.67. The first-order valence-corrected chi connectivity index (χ1v) is 4.09. The van der Waals surface area contributed by atoms with E-state index in [1.807, 2.05) is 12.5 Å². The minimum Gasteiger partial charge on any atom is -0.330 e. The van der Waals surface area contributed by atoms with Crippen molar-refractivity contribution in [2.75, 3.05) is 6.54 Å². The zero-order valence-corrected chi connectivity index (χ0v) is 6.96. The van der Waals surface area contributed by atoms with Crippen LogP contribution in [0.3, 0.4) is 0 Å². The number of rotatable bonds is 4. The van der Waals surface area contributed by atoms with E-state index in [2.05, 4.69) is 0 Å². The average Bonchev–Trinajstić information content (AvgIpc) is 2.05. The van der Waals surface area contributed by atoms with E-state index < -0.39 is 0 Å². The van der Waals surface area contributed by atoms with Crippen molar-refractivity contribution in [2.45, 2.75) is 12.8 Å². The molecule has 0 bridgehead atoms. The number of halogens is 1. The Labute approximate surface area is 72.4 Å². The fourth-order valence-corrected chi connectivity index (χ4v) is 1.08. The van der Waals surface area contributed by atoms with E-state index in [1.165, 1.54) is 6.07 Å². The fourth-order valence-electron chi connectivity index (χ4n) is 1.08. The first kappa shape index (κ1) is 9.20. The Hall–Kier alpha value is -0.890. The van der Waals surface area contributed by atoms with Crippen molar-refractivity contribution < 1.29 is 4.39 Å². The largest absolute Gasteiger partial charge is 0.330 e. The normalized spacial score (nSPS) is 10.2. The van der Waals surface area contributed by atoms with Crippen LogP contribution in [0.1, 0.15) is 12.0 Å². The SMILES string of the molecule is NC[CH]CCc1cccc(F)c1. The minimum absolute atomic E-state index is 0.166. The topological polar surface area (TPSA) is 26.0 Å². The lowest BCUT2D eigenvalue weighted by atomic mass is 10.1. The van der Waals surface area contributed by atoms with Gasteiger partial charge in [0.05, 0.1) is 0 Å². The van der Waals surface area contributed by atoms with Crippen LogP contribution in [-0.2, 0) is 6.42 Å². The third kappa shape index (κ3) is 3.01. The van der Waals surface area contributed by atoms with Crippen molar-refractivity contribution in [3.63, 3.8) is 0 Å². The number of hydrogen-bond donors (Lipinski definition) is 1. The molecular formula is C10H13FN. The summed E-state index contributed by atoms with van der Waals surface area (Å²) in [5.41, 5.74) is 6.32. The van der Waals surface area contributed by atoms with Crippen LogP contribution >= 0.6 is 0 Å². The maximum Gasteiger partial charge on any atom is 0.123 e. The Kier molecular flexibility index (Phi) is 3.74. The molecule has 0 saturated heterocycles. The Morgan fingerprint density at radius 2 is 2.25 bits per heavy atom. The van der Waals surface area contributed by atoms with E-state index in [0.717, 1.165) is 18.4 Å². The van der Waals surface area contributed by atoms with E-state index in [1.54, 1.807) is 12.1 Å². The average molecular weight is 166 g/mol. The van der Waals surface area contributed by atoms with Crippen LogP contribution in [0.25, 0.3) is 0 Å². The highest BCUT2D eigenvalue weighted by atomic mass is 19.1. The molecule has 1 nitrogen and oxygen atoms in total. The predicted octanol–water partition coefficient (Wildman–Crippen LogP) is 1.92. The van der Waals surface area contributed by atoms with Crippen LogP contribution in [0.5, 0.6) is 0 Å². The standard InChI is InChI=1S/C10H13FN/c11-10-6-3-5-9(8-10)4-1-2-7-12/h2-3,5-6,8H,1,4,7,12H2. The van der Waals surface area contributed by atoms with Gasteiger partial charge in [-0.15, -0.1) is 0 Å². The lowest BCUT2D eigenvalue weighted by Crippen LogP contribution is -2.00. The molecule has 0 aromatic heterocycles. The van der Waals surface area contributed by atoms with Gasteiger partial charge in [0.2, 0.25) is 0 Å². The van der Waals surface area contributed by atoms with Gasteiger partial charge in [-0.3, -0.25) is 0 Å². The third-order valence-electron chi connectivity index (χ3n) is 1.69. The van der Waals surface area contributed by atoms with Gasteiger partial charge in [0.15, 0.2) is 0 Å². The summed E-state index contributed by atoms with van der Waals surface area (Å²) >= 11 is 0. The molecule has 1 radical (unpaired) electrons. The molecule has 0 aliphatic carbocycles. The van der Waals surface area contributed by atoms with Gasteiger partial charge in [0, 0.05) is 0 Å². The Balaban J connectivity index is 2.41. The maximum absolute atomic E-state index is 12.6. The summed E-state index contributed by atoms with van der Waals surface area (Å²) in [4.78, 5) is 0. The first-order valence-electron chi connectivity index (χ1n) is 4.09. The zero-order chi connectivity index (χ0) is 8.81. The highest BCUT2D eigenvalue weighted by molar-refractivity contribution is 5.16. The molecule has 2 N–H and O–H groups in total. The number of aryl methyl sites for hydroxylation is 1. The zero-order valence-electron chi connectivity index (χ0n) is 6.96. The lowest BCUT2D eigenvalue weighted by Gasteiger charge is -1.99. The van der Waals surface area contributed by atoms with Crippen LogP contribution in [-0.4, -0.2) is 6.54 Å². The van der Waals surface area contributed by atoms with Gasteiger partial charge in [0.25, 0.3) is 0 Å². The summed E-state index contributed by atoms with van der Waals surface area (Å²) in [5, 5.41) is 0. The van der Waals surface area contributed by atoms with E-state index in [0.29, 0.717) is 6.54 Å². The van der Waals surface area contributed by atoms with Crippen molar-refractivity contribution in [1.82, 2.24) is 0 Å². The summed E-state index contributed by atoms with van der Waals surface area (Å²) in [7, 11) is 0. The molecule has 0 atom stereocenters. The molecule has 1 aromatic rings. The Morgan fingerprint density at radius 3 is 2.92 bits per heavy atom. The second kappa shape index (κ2) is 4.88. The van der Waals surface area contributed by atoms with Gasteiger partial charge in [-0.1, -0.05) is 12.1 Å². The van der Waals surface area contributed by atoms with Crippen LogP contribution in [0.4, 0.5) is 4.39 Å². The van der Waals surface area contributed by atoms with Crippen molar-refractivity contribution >= 4 is 0 Å². The summed E-state index contributed by atoms with van der Waals surface area (Å²) in [5.74, 6) is -0.166. The molecule has 2 heteroatoms. The van der Waals surface area contributed by atoms with E-state index in [9.17, 15) is 4.39 Å². The van der Waals surface area contributed by atoms with E-state index in [4.69, 9.17) is 5.73 Å². The second-order valence-electron chi connectivity index (χ2n) is 2.69. The van der Waals surface area contributed by atoms with Gasteiger partial charge >= 0.3 is 0 Å². The molecule has 0 amide bonds. The fraction of sp³-hybridized carbons (Fsp3) is 0.300. The van der Waals surface area contributed by atoms with Crippen LogP contribution < -0.4 is 5.73 Å². The lowest BCUT2D eigenvalue weighted by molar-refractivity contribution is 0.625. The number of unbranched alkanes of at least 4 members (excludes halogenated alkanes) is 1. The minimum atomic E-state index is -0.166. The summed E-state index contributed by atoms with van der Waals surface area (Å²) in [6.45, 7) is 0.593. The summed E-state index contributed by atoms with van der Waals surface area (Å²) < 4.78 is 12.6. The number of benzene rings is 1. The first-order chi connectivity index (χ1) is 5.83. The molecule has 65 valence electrons. The van der Waals surface area contributed by atoms with E-state index >= 15 is 0 Å². The number of nitrogens with two attached hydrogens (primary N) is 1. The van der Waals surface area contributed by atoms with Crippen LogP contribution in [0.15, 0.2) is 24.3 Å². The molecule has 12 heavy (non-hydrogen) atoms. The highest BCUT2D eigenvalue weighted by Gasteiger charge is 1.94. The molecule has 0 aliphatic heterocycles. The molecule has 0 aliphatic rings. The van der Waals surface area contributed by atoms with Crippen molar-refractivity contribution in [2.24, 2.45) is 5.73 Å². The maximum atomic E-state index is 12.6. The van der Waals surface area contributed by atoms with Crippen LogP contribution in [0.2, 0.25) is 0 Å². The van der Waals surface area contributed by atoms with Gasteiger partial charge in [0.1, 0.15) is 5.82 Å². The predicted molar refractivity (Wildman–Crippen MR) is 48.1 cm³/mol. The molecule has 0 unspecified atom stereocenters. The Morgan fingerprint density at radius 1 is 1.42 bits per heavy atom. The Bertz CT molecular complexity index is 235. The highest BCUT2D eigenvalue weighted by Crippen LogP contribution is 2.06. The molecule has 1 aromatic carbocycles. The summed E-state index contributed by atoms with van der Waals surface area (Å²) in [6.07, 6.45) is 3.78. The van der Waals surface area contributed by atoms with Crippen molar-refractivity contribution in [3.8, 4) is 0 Å². The molecular weight excluding hydrogens is 153 g/mol. The van der Waals surface area contributed by atoms with Gasteiger partial charge in [-0.2, -0.15) is 0 Å². The van der Waals surface area contributed by atoms with Gasteiger partial charge < -0.3 is 5.73 Å². The van der Waals surface area contributed by atoms with E-state index in [-0.39, 0.29) is 5.82 Å². The molecule has 1 rings (SSSR count). The second-order valence-corrected chi connectivity index (χ2v) is 2.69. The smallest absolute Gasteiger partial charge is 0.123 e. The number of hydrogen-bond acceptors (Lipinski definition) is 1. The molecule has 0 fully saturated rings. The van der Waals surface area contributed by atoms with Crippen LogP contribution in [0, 0.1) is 12.2 Å². The molecule has 0 heterocycles. The quantitative estimate of drug-likeness (QED) is 0.679. The molecule has 0 spiro atoms. The third-order valence-corrected chi connectivity index (χ3v) is 1.69. The monoisotopic (exact) mass is 166 g/mol.